The van der Waals surface area contributed by atoms with Crippen molar-refractivity contribution in [1.29, 1.82) is 0 Å². The van der Waals surface area contributed by atoms with Crippen molar-refractivity contribution in [3.8, 4) is 0 Å². The number of aliphatic imine (C=N–C) groups is 1. The summed E-state index contributed by atoms with van der Waals surface area (Å²) in [5, 5.41) is 6.93. The van der Waals surface area contributed by atoms with Crippen LogP contribution in [0.15, 0.2) is 35.3 Å². The number of hydrogen-bond acceptors (Lipinski definition) is 3. The number of benzene rings is 1. The molecular formula is C22H38IN3O2. The molecule has 1 fully saturated rings. The van der Waals surface area contributed by atoms with E-state index in [-0.39, 0.29) is 29.4 Å². The van der Waals surface area contributed by atoms with Gasteiger partial charge in [0.05, 0.1) is 13.2 Å². The van der Waals surface area contributed by atoms with Gasteiger partial charge in [-0.15, -0.1) is 24.0 Å². The van der Waals surface area contributed by atoms with E-state index in [1.165, 1.54) is 5.56 Å². The topological polar surface area (TPSA) is 54.9 Å². The molecule has 2 N–H and O–H groups in total. The number of nitrogens with zero attached hydrogens (tertiary/aromatic N) is 1. The van der Waals surface area contributed by atoms with Gasteiger partial charge in [-0.2, -0.15) is 0 Å². The lowest BCUT2D eigenvalue weighted by molar-refractivity contribution is 0.0888. The molecule has 5 nitrogen and oxygen atoms in total. The Morgan fingerprint density at radius 3 is 2.57 bits per heavy atom. The summed E-state index contributed by atoms with van der Waals surface area (Å²) >= 11 is 0. The van der Waals surface area contributed by atoms with Crippen LogP contribution in [0.4, 0.5) is 0 Å². The third kappa shape index (κ3) is 7.87. The van der Waals surface area contributed by atoms with E-state index in [0.717, 1.165) is 71.2 Å². The molecule has 2 rings (SSSR count). The summed E-state index contributed by atoms with van der Waals surface area (Å²) in [5.74, 6) is 1.45. The van der Waals surface area contributed by atoms with Gasteiger partial charge in [0.25, 0.3) is 0 Å². The summed E-state index contributed by atoms with van der Waals surface area (Å²) < 4.78 is 11.1. The molecule has 1 saturated heterocycles. The van der Waals surface area contributed by atoms with Crippen LogP contribution < -0.4 is 10.6 Å². The number of halogens is 1. The Morgan fingerprint density at radius 1 is 1.21 bits per heavy atom. The maximum absolute atomic E-state index is 5.76. The molecule has 6 heteroatoms. The van der Waals surface area contributed by atoms with Gasteiger partial charge >= 0.3 is 0 Å². The maximum Gasteiger partial charge on any atom is 0.191 e. The first-order chi connectivity index (χ1) is 13.2. The highest BCUT2D eigenvalue weighted by Crippen LogP contribution is 2.30. The van der Waals surface area contributed by atoms with Gasteiger partial charge in [-0.3, -0.25) is 4.99 Å². The van der Waals surface area contributed by atoms with Gasteiger partial charge in [0.1, 0.15) is 0 Å². The first-order valence-electron chi connectivity index (χ1n) is 10.4. The number of ether oxygens (including phenoxy) is 2. The minimum Gasteiger partial charge on any atom is -0.381 e. The van der Waals surface area contributed by atoms with Crippen molar-refractivity contribution in [1.82, 2.24) is 10.6 Å². The Kier molecular flexibility index (Phi) is 12.7. The van der Waals surface area contributed by atoms with Crippen LogP contribution in [0.3, 0.4) is 0 Å². The first-order valence-corrected chi connectivity index (χ1v) is 10.4. The number of nitrogens with one attached hydrogen (secondary N) is 2. The monoisotopic (exact) mass is 503 g/mol. The lowest BCUT2D eigenvalue weighted by atomic mass is 9.76. The highest BCUT2D eigenvalue weighted by molar-refractivity contribution is 14.0. The van der Waals surface area contributed by atoms with Gasteiger partial charge < -0.3 is 20.1 Å². The van der Waals surface area contributed by atoms with Gasteiger partial charge in [0, 0.05) is 44.7 Å². The third-order valence-electron chi connectivity index (χ3n) is 5.69. The molecule has 1 aromatic rings. The number of rotatable bonds is 11. The van der Waals surface area contributed by atoms with E-state index in [0.29, 0.717) is 5.92 Å². The molecule has 28 heavy (non-hydrogen) atoms. The smallest absolute Gasteiger partial charge is 0.191 e. The molecule has 0 amide bonds. The zero-order valence-electron chi connectivity index (χ0n) is 17.7. The minimum absolute atomic E-state index is 0. The van der Waals surface area contributed by atoms with Gasteiger partial charge in [0.2, 0.25) is 0 Å². The zero-order valence-corrected chi connectivity index (χ0v) is 20.0. The minimum atomic E-state index is 0. The summed E-state index contributed by atoms with van der Waals surface area (Å²) in [7, 11) is 1.83. The molecular weight excluding hydrogens is 465 g/mol. The largest absolute Gasteiger partial charge is 0.381 e. The predicted molar refractivity (Wildman–Crippen MR) is 128 cm³/mol. The Morgan fingerprint density at radius 2 is 1.96 bits per heavy atom. The van der Waals surface area contributed by atoms with Crippen LogP contribution >= 0.6 is 24.0 Å². The average Bonchev–Trinajstić information content (AvgIpc) is 3.24. The van der Waals surface area contributed by atoms with E-state index in [9.17, 15) is 0 Å². The Balaban J connectivity index is 0.00000392. The SMILES string of the molecule is CCC(CC)(CNC(=NC)NCCCOCC1CCOC1)c1ccccc1.I. The Hall–Kier alpha value is -0.860. The zero-order chi connectivity index (χ0) is 19.4. The van der Waals surface area contributed by atoms with Crippen molar-refractivity contribution in [2.75, 3.05) is 46.6 Å². The van der Waals surface area contributed by atoms with Gasteiger partial charge in [-0.1, -0.05) is 44.2 Å². The summed E-state index contributed by atoms with van der Waals surface area (Å²) in [5.41, 5.74) is 1.52. The molecule has 0 aliphatic carbocycles. The molecule has 0 saturated carbocycles. The van der Waals surface area contributed by atoms with Gasteiger partial charge in [0.15, 0.2) is 5.96 Å². The van der Waals surface area contributed by atoms with Gasteiger partial charge in [-0.25, -0.2) is 0 Å². The fourth-order valence-corrected chi connectivity index (χ4v) is 3.62. The fourth-order valence-electron chi connectivity index (χ4n) is 3.62. The predicted octanol–water partition coefficient (Wildman–Crippen LogP) is 3.97. The molecule has 0 aromatic heterocycles. The normalized spacial score (nSPS) is 17.2. The second-order valence-corrected chi connectivity index (χ2v) is 7.36. The van der Waals surface area contributed by atoms with Crippen LogP contribution in [0.5, 0.6) is 0 Å². The summed E-state index contributed by atoms with van der Waals surface area (Å²) in [4.78, 5) is 4.37. The van der Waals surface area contributed by atoms with Crippen LogP contribution in [0.1, 0.15) is 45.1 Å². The molecule has 1 atom stereocenters. The quantitative estimate of drug-likeness (QED) is 0.208. The van der Waals surface area contributed by atoms with Crippen LogP contribution in [-0.4, -0.2) is 52.5 Å². The van der Waals surface area contributed by atoms with Crippen molar-refractivity contribution in [3.63, 3.8) is 0 Å². The lowest BCUT2D eigenvalue weighted by Gasteiger charge is -2.33. The molecule has 1 aliphatic rings. The Labute approximate surface area is 188 Å². The van der Waals surface area contributed by atoms with Crippen LogP contribution in [0.2, 0.25) is 0 Å². The molecule has 1 heterocycles. The lowest BCUT2D eigenvalue weighted by Crippen LogP contribution is -2.45. The number of guanidine groups is 1. The van der Waals surface area contributed by atoms with Crippen LogP contribution in [-0.2, 0) is 14.9 Å². The standard InChI is InChI=1S/C22H37N3O2.HI/c1-4-22(5-2,20-10-7-6-8-11-20)18-25-21(23-3)24-13-9-14-26-16-19-12-15-27-17-19;/h6-8,10-11,19H,4-5,9,12-18H2,1-3H3,(H2,23,24,25);1H. The first kappa shape index (κ1) is 25.2. The molecule has 0 radical (unpaired) electrons. The van der Waals surface area contributed by atoms with Gasteiger partial charge in [-0.05, 0) is 31.2 Å². The van der Waals surface area contributed by atoms with E-state index in [4.69, 9.17) is 9.47 Å². The van der Waals surface area contributed by atoms with Crippen LogP contribution in [0, 0.1) is 5.92 Å². The molecule has 1 aromatic carbocycles. The van der Waals surface area contributed by atoms with E-state index >= 15 is 0 Å². The molecule has 0 bridgehead atoms. The molecule has 1 aliphatic heterocycles. The molecule has 0 spiro atoms. The average molecular weight is 503 g/mol. The second kappa shape index (κ2) is 14.2. The van der Waals surface area contributed by atoms with E-state index in [1.54, 1.807) is 0 Å². The second-order valence-electron chi connectivity index (χ2n) is 7.36. The number of hydrogen-bond donors (Lipinski definition) is 2. The van der Waals surface area contributed by atoms with E-state index in [2.05, 4.69) is 59.8 Å². The Bertz CT molecular complexity index is 544. The third-order valence-corrected chi connectivity index (χ3v) is 5.69. The highest BCUT2D eigenvalue weighted by atomic mass is 127. The molecule has 1 unspecified atom stereocenters. The molecule has 160 valence electrons. The summed E-state index contributed by atoms with van der Waals surface area (Å²) in [6.45, 7) is 9.60. The van der Waals surface area contributed by atoms with Crippen molar-refractivity contribution in [2.24, 2.45) is 10.9 Å². The van der Waals surface area contributed by atoms with E-state index < -0.39 is 0 Å². The van der Waals surface area contributed by atoms with Crippen molar-refractivity contribution in [3.05, 3.63) is 35.9 Å². The van der Waals surface area contributed by atoms with Crippen molar-refractivity contribution in [2.45, 2.75) is 44.9 Å². The van der Waals surface area contributed by atoms with E-state index in [1.807, 2.05) is 7.05 Å². The van der Waals surface area contributed by atoms with Crippen molar-refractivity contribution < 1.29 is 9.47 Å². The van der Waals surface area contributed by atoms with Crippen molar-refractivity contribution >= 4 is 29.9 Å². The summed E-state index contributed by atoms with van der Waals surface area (Å²) in [6, 6.07) is 10.8. The highest BCUT2D eigenvalue weighted by Gasteiger charge is 2.28. The summed E-state index contributed by atoms with van der Waals surface area (Å²) in [6.07, 6.45) is 4.29. The fraction of sp³-hybridized carbons (Fsp3) is 0.682. The maximum atomic E-state index is 5.76. The van der Waals surface area contributed by atoms with Crippen LogP contribution in [0.25, 0.3) is 0 Å².